The van der Waals surface area contributed by atoms with Gasteiger partial charge in [-0.3, -0.25) is 5.32 Å². The van der Waals surface area contributed by atoms with E-state index in [1.165, 1.54) is 0 Å². The quantitative estimate of drug-likeness (QED) is 0.468. The molecular formula is C4H10N2S. The maximum absolute atomic E-state index is 5.63. The van der Waals surface area contributed by atoms with Gasteiger partial charge in [0.1, 0.15) is 4.99 Å². The van der Waals surface area contributed by atoms with Crippen LogP contribution in [0.4, 0.5) is 0 Å². The van der Waals surface area contributed by atoms with Crippen molar-refractivity contribution in [1.29, 1.82) is 0 Å². The summed E-state index contributed by atoms with van der Waals surface area (Å²) in [7, 11) is 0. The standard InChI is InChI=1S/C4H10N2S/c1-4(5)6-2-3-7-4/h6H,2-3,5H2,1H3. The van der Waals surface area contributed by atoms with Gasteiger partial charge in [0, 0.05) is 12.3 Å². The molecule has 2 nitrogen and oxygen atoms in total. The highest BCUT2D eigenvalue weighted by Crippen LogP contribution is 2.19. The number of thioether (sulfide) groups is 1. The molecule has 1 heterocycles. The van der Waals surface area contributed by atoms with Crippen LogP contribution < -0.4 is 11.1 Å². The molecule has 1 atom stereocenters. The lowest BCUT2D eigenvalue weighted by Crippen LogP contribution is -2.42. The van der Waals surface area contributed by atoms with Gasteiger partial charge in [0.05, 0.1) is 0 Å². The smallest absolute Gasteiger partial charge is 0.111 e. The van der Waals surface area contributed by atoms with Gasteiger partial charge in [-0.15, -0.1) is 11.8 Å². The van der Waals surface area contributed by atoms with E-state index in [0.717, 1.165) is 12.3 Å². The molecule has 1 rings (SSSR count). The molecule has 1 aliphatic rings. The van der Waals surface area contributed by atoms with E-state index in [-0.39, 0.29) is 4.99 Å². The van der Waals surface area contributed by atoms with Gasteiger partial charge in [-0.1, -0.05) is 0 Å². The van der Waals surface area contributed by atoms with E-state index < -0.39 is 0 Å². The van der Waals surface area contributed by atoms with Crippen molar-refractivity contribution in [2.45, 2.75) is 11.9 Å². The van der Waals surface area contributed by atoms with Crippen molar-refractivity contribution in [3.63, 3.8) is 0 Å². The summed E-state index contributed by atoms with van der Waals surface area (Å²) in [6.07, 6.45) is 0. The summed E-state index contributed by atoms with van der Waals surface area (Å²) in [5.41, 5.74) is 5.63. The summed E-state index contributed by atoms with van der Waals surface area (Å²) in [5.74, 6) is 1.15. The third-order valence-electron chi connectivity index (χ3n) is 0.980. The molecule has 1 fully saturated rings. The molecule has 0 saturated carbocycles. The Morgan fingerprint density at radius 3 is 2.71 bits per heavy atom. The highest BCUT2D eigenvalue weighted by Gasteiger charge is 2.22. The Balaban J connectivity index is 2.40. The van der Waals surface area contributed by atoms with Crippen LogP contribution in [0.5, 0.6) is 0 Å². The Bertz CT molecular complexity index is 64.1. The second-order valence-corrected chi connectivity index (χ2v) is 3.43. The number of rotatable bonds is 0. The van der Waals surface area contributed by atoms with Crippen LogP contribution in [-0.4, -0.2) is 17.3 Å². The first-order chi connectivity index (χ1) is 3.21. The molecule has 0 aliphatic carbocycles. The normalized spacial score (nSPS) is 42.0. The van der Waals surface area contributed by atoms with Gasteiger partial charge in [0.25, 0.3) is 0 Å². The number of nitrogens with one attached hydrogen (secondary N) is 1. The summed E-state index contributed by atoms with van der Waals surface area (Å²) in [6, 6.07) is 0. The molecule has 3 N–H and O–H groups in total. The number of hydrogen-bond acceptors (Lipinski definition) is 3. The third kappa shape index (κ3) is 1.33. The molecule has 42 valence electrons. The average Bonchev–Trinajstić information content (AvgIpc) is 1.84. The van der Waals surface area contributed by atoms with Crippen molar-refractivity contribution >= 4 is 11.8 Å². The van der Waals surface area contributed by atoms with Crippen LogP contribution in [0.15, 0.2) is 0 Å². The van der Waals surface area contributed by atoms with Gasteiger partial charge in [-0.25, -0.2) is 0 Å². The Morgan fingerprint density at radius 2 is 2.57 bits per heavy atom. The zero-order valence-electron chi connectivity index (χ0n) is 4.40. The van der Waals surface area contributed by atoms with Gasteiger partial charge < -0.3 is 5.73 Å². The molecule has 3 heteroatoms. The Morgan fingerprint density at radius 1 is 1.86 bits per heavy atom. The van der Waals surface area contributed by atoms with Gasteiger partial charge >= 0.3 is 0 Å². The molecule has 0 aromatic rings. The zero-order chi connectivity index (χ0) is 5.33. The van der Waals surface area contributed by atoms with Crippen LogP contribution in [0.25, 0.3) is 0 Å². The minimum Gasteiger partial charge on any atom is -0.305 e. The van der Waals surface area contributed by atoms with Crippen molar-refractivity contribution in [2.75, 3.05) is 12.3 Å². The van der Waals surface area contributed by atoms with Crippen molar-refractivity contribution in [2.24, 2.45) is 5.73 Å². The predicted molar refractivity (Wildman–Crippen MR) is 33.1 cm³/mol. The van der Waals surface area contributed by atoms with Crippen LogP contribution >= 0.6 is 11.8 Å². The Labute approximate surface area is 47.8 Å². The van der Waals surface area contributed by atoms with Crippen LogP contribution in [0, 0.1) is 0 Å². The second kappa shape index (κ2) is 1.65. The molecule has 0 radical (unpaired) electrons. The Hall–Kier alpha value is 0.270. The van der Waals surface area contributed by atoms with Crippen LogP contribution in [0.2, 0.25) is 0 Å². The molecule has 1 saturated heterocycles. The fourth-order valence-electron chi connectivity index (χ4n) is 0.613. The summed E-state index contributed by atoms with van der Waals surface area (Å²) in [4.78, 5) is -0.139. The van der Waals surface area contributed by atoms with E-state index >= 15 is 0 Å². The minimum absolute atomic E-state index is 0.139. The maximum Gasteiger partial charge on any atom is 0.111 e. The summed E-state index contributed by atoms with van der Waals surface area (Å²) >= 11 is 1.77. The molecule has 0 bridgehead atoms. The SMILES string of the molecule is CC1(N)NCCS1. The number of nitrogens with two attached hydrogens (primary N) is 1. The van der Waals surface area contributed by atoms with Crippen molar-refractivity contribution in [1.82, 2.24) is 5.32 Å². The highest BCUT2D eigenvalue weighted by atomic mass is 32.2. The first-order valence-electron chi connectivity index (χ1n) is 2.39. The Kier molecular flexibility index (Phi) is 1.28. The first kappa shape index (κ1) is 5.41. The van der Waals surface area contributed by atoms with Crippen molar-refractivity contribution in [3.8, 4) is 0 Å². The largest absolute Gasteiger partial charge is 0.305 e. The van der Waals surface area contributed by atoms with Gasteiger partial charge in [0.15, 0.2) is 0 Å². The molecule has 0 spiro atoms. The molecule has 0 aromatic carbocycles. The molecule has 0 amide bonds. The average molecular weight is 118 g/mol. The fraction of sp³-hybridized carbons (Fsp3) is 1.00. The van der Waals surface area contributed by atoms with Gasteiger partial charge in [0.2, 0.25) is 0 Å². The van der Waals surface area contributed by atoms with E-state index in [2.05, 4.69) is 5.32 Å². The summed E-state index contributed by atoms with van der Waals surface area (Å²) in [6.45, 7) is 3.04. The number of hydrogen-bond donors (Lipinski definition) is 2. The third-order valence-corrected chi connectivity index (χ3v) is 2.13. The van der Waals surface area contributed by atoms with Crippen LogP contribution in [0.1, 0.15) is 6.92 Å². The van der Waals surface area contributed by atoms with Crippen molar-refractivity contribution in [3.05, 3.63) is 0 Å². The zero-order valence-corrected chi connectivity index (χ0v) is 5.22. The topological polar surface area (TPSA) is 38.0 Å². The predicted octanol–water partition coefficient (Wildman–Crippen LogP) is -0.0448. The van der Waals surface area contributed by atoms with E-state index in [1.807, 2.05) is 6.92 Å². The molecule has 1 unspecified atom stereocenters. The molecule has 0 aromatic heterocycles. The van der Waals surface area contributed by atoms with Crippen molar-refractivity contribution < 1.29 is 0 Å². The van der Waals surface area contributed by atoms with Gasteiger partial charge in [-0.2, -0.15) is 0 Å². The molecule has 1 aliphatic heterocycles. The first-order valence-corrected chi connectivity index (χ1v) is 3.37. The highest BCUT2D eigenvalue weighted by molar-refractivity contribution is 8.00. The summed E-state index contributed by atoms with van der Waals surface area (Å²) < 4.78 is 0. The van der Waals surface area contributed by atoms with E-state index in [4.69, 9.17) is 5.73 Å². The minimum atomic E-state index is -0.139. The lowest BCUT2D eigenvalue weighted by atomic mass is 10.6. The maximum atomic E-state index is 5.63. The lowest BCUT2D eigenvalue weighted by Gasteiger charge is -2.14. The second-order valence-electron chi connectivity index (χ2n) is 1.88. The molecule has 7 heavy (non-hydrogen) atoms. The lowest BCUT2D eigenvalue weighted by molar-refractivity contribution is 0.567. The van der Waals surface area contributed by atoms with E-state index in [9.17, 15) is 0 Å². The van der Waals surface area contributed by atoms with E-state index in [0.29, 0.717) is 0 Å². The fourth-order valence-corrected chi connectivity index (χ4v) is 1.45. The van der Waals surface area contributed by atoms with Gasteiger partial charge in [-0.05, 0) is 6.92 Å². The van der Waals surface area contributed by atoms with E-state index in [1.54, 1.807) is 11.8 Å². The molecular weight excluding hydrogens is 108 g/mol. The van der Waals surface area contributed by atoms with Crippen LogP contribution in [0.3, 0.4) is 0 Å². The monoisotopic (exact) mass is 118 g/mol. The van der Waals surface area contributed by atoms with Crippen LogP contribution in [-0.2, 0) is 0 Å². The summed E-state index contributed by atoms with van der Waals surface area (Å²) in [5, 5.41) is 3.14.